The minimum absolute atomic E-state index is 0.0285. The summed E-state index contributed by atoms with van der Waals surface area (Å²) < 4.78 is 5.65. The Morgan fingerprint density at radius 2 is 2.21 bits per heavy atom. The molecule has 4 heteroatoms. The fraction of sp³-hybridized carbons (Fsp3) is 0.533. The van der Waals surface area contributed by atoms with Crippen LogP contribution in [0.3, 0.4) is 0 Å². The summed E-state index contributed by atoms with van der Waals surface area (Å²) in [5.74, 6) is 1.29. The van der Waals surface area contributed by atoms with E-state index in [0.29, 0.717) is 17.4 Å². The Labute approximate surface area is 119 Å². The first-order valence-corrected chi connectivity index (χ1v) is 7.24. The standard InChI is InChI=1S/C15H20ClNO2/c1-3-10(4-2)9-17-15(18)14-8-11-7-12(16)5-6-13(11)19-14/h5-7,10,14H,3-4,8-9H2,1-2H3,(H,17,18). The van der Waals surface area contributed by atoms with E-state index in [9.17, 15) is 4.79 Å². The van der Waals surface area contributed by atoms with Crippen LogP contribution in [0.2, 0.25) is 5.02 Å². The van der Waals surface area contributed by atoms with Crippen molar-refractivity contribution in [3.05, 3.63) is 28.8 Å². The average molecular weight is 282 g/mol. The Balaban J connectivity index is 1.90. The van der Waals surface area contributed by atoms with Gasteiger partial charge in [-0.3, -0.25) is 4.79 Å². The predicted octanol–water partition coefficient (Wildman–Crippen LogP) is 3.20. The number of rotatable bonds is 5. The molecule has 0 fully saturated rings. The fourth-order valence-electron chi connectivity index (χ4n) is 2.30. The number of fused-ring (bicyclic) bond motifs is 1. The van der Waals surface area contributed by atoms with Crippen molar-refractivity contribution in [2.24, 2.45) is 5.92 Å². The third-order valence-electron chi connectivity index (χ3n) is 3.71. The molecule has 0 saturated carbocycles. The van der Waals surface area contributed by atoms with Gasteiger partial charge in [-0.05, 0) is 29.7 Å². The largest absolute Gasteiger partial charge is 0.480 e. The molecule has 0 saturated heterocycles. The molecule has 1 heterocycles. The summed E-state index contributed by atoms with van der Waals surface area (Å²) >= 11 is 5.93. The van der Waals surface area contributed by atoms with Gasteiger partial charge < -0.3 is 10.1 Å². The lowest BCUT2D eigenvalue weighted by Gasteiger charge is -2.16. The van der Waals surface area contributed by atoms with Crippen LogP contribution in [0.4, 0.5) is 0 Å². The molecular formula is C15H20ClNO2. The molecule has 2 rings (SSSR count). The summed E-state index contributed by atoms with van der Waals surface area (Å²) in [6, 6.07) is 5.47. The lowest BCUT2D eigenvalue weighted by molar-refractivity contribution is -0.127. The van der Waals surface area contributed by atoms with Crippen LogP contribution in [0.15, 0.2) is 18.2 Å². The Hall–Kier alpha value is -1.22. The number of nitrogens with one attached hydrogen (secondary N) is 1. The van der Waals surface area contributed by atoms with Gasteiger partial charge in [0, 0.05) is 18.0 Å². The molecule has 19 heavy (non-hydrogen) atoms. The van der Waals surface area contributed by atoms with Gasteiger partial charge in [0.05, 0.1) is 0 Å². The van der Waals surface area contributed by atoms with Gasteiger partial charge >= 0.3 is 0 Å². The highest BCUT2D eigenvalue weighted by Crippen LogP contribution is 2.31. The van der Waals surface area contributed by atoms with Gasteiger partial charge in [-0.25, -0.2) is 0 Å². The highest BCUT2D eigenvalue weighted by molar-refractivity contribution is 6.30. The number of carbonyl (C=O) groups excluding carboxylic acids is 1. The number of carbonyl (C=O) groups is 1. The van der Waals surface area contributed by atoms with Crippen LogP contribution in [-0.4, -0.2) is 18.6 Å². The maximum Gasteiger partial charge on any atom is 0.261 e. The van der Waals surface area contributed by atoms with E-state index in [1.807, 2.05) is 12.1 Å². The van der Waals surface area contributed by atoms with Crippen LogP contribution < -0.4 is 10.1 Å². The molecule has 3 nitrogen and oxygen atoms in total. The van der Waals surface area contributed by atoms with Crippen molar-refractivity contribution in [3.63, 3.8) is 0 Å². The molecule has 1 unspecified atom stereocenters. The number of benzene rings is 1. The van der Waals surface area contributed by atoms with Gasteiger partial charge in [0.1, 0.15) is 5.75 Å². The van der Waals surface area contributed by atoms with Gasteiger partial charge in [0.15, 0.2) is 6.10 Å². The van der Waals surface area contributed by atoms with Crippen LogP contribution in [-0.2, 0) is 11.2 Å². The molecule has 1 aromatic carbocycles. The molecule has 1 N–H and O–H groups in total. The highest BCUT2D eigenvalue weighted by atomic mass is 35.5. The predicted molar refractivity (Wildman–Crippen MR) is 76.7 cm³/mol. The Bertz CT molecular complexity index is 457. The normalized spacial score (nSPS) is 17.2. The molecule has 0 spiro atoms. The van der Waals surface area contributed by atoms with Gasteiger partial charge in [0.25, 0.3) is 5.91 Å². The number of ether oxygens (including phenoxy) is 1. The molecule has 1 aliphatic rings. The quantitative estimate of drug-likeness (QED) is 0.900. The number of hydrogen-bond acceptors (Lipinski definition) is 2. The zero-order chi connectivity index (χ0) is 13.8. The topological polar surface area (TPSA) is 38.3 Å². The SMILES string of the molecule is CCC(CC)CNC(=O)C1Cc2cc(Cl)ccc2O1. The van der Waals surface area contributed by atoms with Crippen molar-refractivity contribution in [1.82, 2.24) is 5.32 Å². The van der Waals surface area contributed by atoms with Gasteiger partial charge in [-0.1, -0.05) is 38.3 Å². The number of amides is 1. The third kappa shape index (κ3) is 3.41. The molecule has 1 atom stereocenters. The van der Waals surface area contributed by atoms with E-state index in [2.05, 4.69) is 19.2 Å². The zero-order valence-electron chi connectivity index (χ0n) is 11.4. The summed E-state index contributed by atoms with van der Waals surface area (Å²) in [6.07, 6.45) is 2.35. The monoisotopic (exact) mass is 281 g/mol. The molecule has 0 bridgehead atoms. The lowest BCUT2D eigenvalue weighted by atomic mass is 10.0. The van der Waals surface area contributed by atoms with Crippen molar-refractivity contribution >= 4 is 17.5 Å². The van der Waals surface area contributed by atoms with Gasteiger partial charge in [-0.2, -0.15) is 0 Å². The van der Waals surface area contributed by atoms with E-state index in [-0.39, 0.29) is 5.91 Å². The number of hydrogen-bond donors (Lipinski definition) is 1. The minimum atomic E-state index is -0.414. The van der Waals surface area contributed by atoms with Crippen LogP contribution >= 0.6 is 11.6 Å². The molecule has 1 aliphatic heterocycles. The second-order valence-corrected chi connectivity index (χ2v) is 5.43. The zero-order valence-corrected chi connectivity index (χ0v) is 12.2. The van der Waals surface area contributed by atoms with E-state index in [4.69, 9.17) is 16.3 Å². The van der Waals surface area contributed by atoms with Crippen molar-refractivity contribution in [3.8, 4) is 5.75 Å². The average Bonchev–Trinajstić information content (AvgIpc) is 2.82. The summed E-state index contributed by atoms with van der Waals surface area (Å²) in [7, 11) is 0. The molecule has 1 aromatic rings. The minimum Gasteiger partial charge on any atom is -0.480 e. The van der Waals surface area contributed by atoms with Crippen molar-refractivity contribution in [1.29, 1.82) is 0 Å². The van der Waals surface area contributed by atoms with E-state index in [0.717, 1.165) is 30.7 Å². The second-order valence-electron chi connectivity index (χ2n) is 4.99. The summed E-state index contributed by atoms with van der Waals surface area (Å²) in [4.78, 5) is 12.1. The molecule has 1 amide bonds. The van der Waals surface area contributed by atoms with E-state index in [1.165, 1.54) is 0 Å². The van der Waals surface area contributed by atoms with Crippen LogP contribution in [0.1, 0.15) is 32.3 Å². The summed E-state index contributed by atoms with van der Waals surface area (Å²) in [5, 5.41) is 3.66. The maximum atomic E-state index is 12.1. The van der Waals surface area contributed by atoms with Crippen molar-refractivity contribution in [2.75, 3.05) is 6.54 Å². The smallest absolute Gasteiger partial charge is 0.261 e. The maximum absolute atomic E-state index is 12.1. The first kappa shape index (κ1) is 14.2. The van der Waals surface area contributed by atoms with Crippen molar-refractivity contribution < 1.29 is 9.53 Å². The summed E-state index contributed by atoms with van der Waals surface area (Å²) in [6.45, 7) is 5.01. The Morgan fingerprint density at radius 3 is 2.89 bits per heavy atom. The van der Waals surface area contributed by atoms with Gasteiger partial charge in [0.2, 0.25) is 0 Å². The number of halogens is 1. The molecule has 0 aromatic heterocycles. The molecule has 0 radical (unpaired) electrons. The highest BCUT2D eigenvalue weighted by Gasteiger charge is 2.29. The summed E-state index contributed by atoms with van der Waals surface area (Å²) in [5.41, 5.74) is 1.01. The van der Waals surface area contributed by atoms with Crippen LogP contribution in [0.5, 0.6) is 5.75 Å². The first-order chi connectivity index (χ1) is 9.13. The molecule has 0 aliphatic carbocycles. The first-order valence-electron chi connectivity index (χ1n) is 6.86. The Morgan fingerprint density at radius 1 is 1.47 bits per heavy atom. The van der Waals surface area contributed by atoms with Crippen LogP contribution in [0.25, 0.3) is 0 Å². The Kier molecular flexibility index (Phi) is 4.70. The van der Waals surface area contributed by atoms with E-state index >= 15 is 0 Å². The lowest BCUT2D eigenvalue weighted by Crippen LogP contribution is -2.39. The molecule has 104 valence electrons. The fourth-order valence-corrected chi connectivity index (χ4v) is 2.49. The van der Waals surface area contributed by atoms with Gasteiger partial charge in [-0.15, -0.1) is 0 Å². The third-order valence-corrected chi connectivity index (χ3v) is 3.94. The van der Waals surface area contributed by atoms with Crippen LogP contribution in [0, 0.1) is 5.92 Å². The molecular weight excluding hydrogens is 262 g/mol. The van der Waals surface area contributed by atoms with Crippen molar-refractivity contribution in [2.45, 2.75) is 39.2 Å². The van der Waals surface area contributed by atoms with E-state index in [1.54, 1.807) is 6.07 Å². The second kappa shape index (κ2) is 6.29. The van der Waals surface area contributed by atoms with E-state index < -0.39 is 6.10 Å².